The summed E-state index contributed by atoms with van der Waals surface area (Å²) in [4.78, 5) is 21.8. The second-order valence-electron chi connectivity index (χ2n) is 8.20. The quantitative estimate of drug-likeness (QED) is 0.167. The Labute approximate surface area is 194 Å². The van der Waals surface area contributed by atoms with Gasteiger partial charge in [-0.25, -0.2) is 9.59 Å². The maximum Gasteiger partial charge on any atom is 0.509 e. The first kappa shape index (κ1) is 26.1. The van der Waals surface area contributed by atoms with Gasteiger partial charge in [0, 0.05) is 25.4 Å². The zero-order valence-corrected chi connectivity index (χ0v) is 19.4. The maximum absolute atomic E-state index is 10.9. The summed E-state index contributed by atoms with van der Waals surface area (Å²) in [6, 6.07) is 5.45. The molecule has 0 spiro atoms. The molecule has 0 radical (unpaired) electrons. The molecule has 1 aromatic rings. The van der Waals surface area contributed by atoms with E-state index in [-0.39, 0.29) is 18.9 Å². The Morgan fingerprint density at radius 3 is 2.38 bits per heavy atom. The molecule has 180 valence electrons. The van der Waals surface area contributed by atoms with Gasteiger partial charge in [-0.05, 0) is 30.5 Å². The normalized spacial score (nSPS) is 17.1. The van der Waals surface area contributed by atoms with Crippen molar-refractivity contribution in [1.29, 1.82) is 0 Å². The van der Waals surface area contributed by atoms with Gasteiger partial charge in [0.15, 0.2) is 0 Å². The Kier molecular flexibility index (Phi) is 10.9. The molecule has 1 fully saturated rings. The Balaban J connectivity index is 1.74. The van der Waals surface area contributed by atoms with Crippen LogP contribution >= 0.6 is 11.6 Å². The van der Waals surface area contributed by atoms with Crippen LogP contribution in [-0.4, -0.2) is 41.0 Å². The Morgan fingerprint density at radius 1 is 1.09 bits per heavy atom. The van der Waals surface area contributed by atoms with Gasteiger partial charge in [0.2, 0.25) is 0 Å². The number of carboxylic acid groups (broad SMARTS) is 2. The number of rotatable bonds is 14. The van der Waals surface area contributed by atoms with Crippen molar-refractivity contribution in [1.82, 2.24) is 5.32 Å². The summed E-state index contributed by atoms with van der Waals surface area (Å²) in [6.45, 7) is 3.34. The lowest BCUT2D eigenvalue weighted by Gasteiger charge is -2.26. The molecule has 1 aliphatic carbocycles. The fourth-order valence-electron chi connectivity index (χ4n) is 3.95. The van der Waals surface area contributed by atoms with E-state index in [1.165, 1.54) is 32.1 Å². The average molecular weight is 472 g/mol. The van der Waals surface area contributed by atoms with Crippen LogP contribution in [-0.2, 0) is 16.0 Å². The molecular weight excluding hydrogens is 438 g/mol. The van der Waals surface area contributed by atoms with Gasteiger partial charge in [-0.3, -0.25) is 0 Å². The van der Waals surface area contributed by atoms with E-state index in [1.54, 1.807) is 0 Å². The molecule has 0 amide bonds. The smallest absolute Gasteiger partial charge is 0.492 e. The third-order valence-electron chi connectivity index (χ3n) is 5.57. The molecule has 1 saturated carbocycles. The van der Waals surface area contributed by atoms with Crippen molar-refractivity contribution in [2.75, 3.05) is 6.61 Å². The van der Waals surface area contributed by atoms with Crippen LogP contribution < -0.4 is 10.1 Å². The van der Waals surface area contributed by atoms with Crippen LogP contribution in [0.3, 0.4) is 0 Å². The van der Waals surface area contributed by atoms with Gasteiger partial charge in [-0.2, -0.15) is 0 Å². The predicted molar refractivity (Wildman–Crippen MR) is 120 cm³/mol. The van der Waals surface area contributed by atoms with Crippen molar-refractivity contribution in [3.8, 4) is 5.75 Å². The van der Waals surface area contributed by atoms with Gasteiger partial charge in [0.25, 0.3) is 5.79 Å². The largest absolute Gasteiger partial charge is 0.509 e. The third-order valence-corrected chi connectivity index (χ3v) is 5.87. The topological polar surface area (TPSA) is 114 Å². The van der Waals surface area contributed by atoms with Crippen LogP contribution in [0.1, 0.15) is 76.7 Å². The Hall–Kier alpha value is -2.19. The number of carbonyl (C=O) groups is 2. The van der Waals surface area contributed by atoms with Crippen molar-refractivity contribution in [3.05, 3.63) is 28.8 Å². The molecule has 0 aliphatic heterocycles. The standard InChI is InChI=1S/C23H34ClNO7/c1-2-3-4-5-6-7-8-13-30-20-10-9-17(14-19(20)24)16-25-18-11-12-23(15-18,31-21(26)27)32-22(28)29/h9-10,14,18,25H,2-8,11-13,15-16H2,1H3,(H,26,27)(H,28,29). The van der Waals surface area contributed by atoms with Crippen LogP contribution in [0.15, 0.2) is 18.2 Å². The predicted octanol–water partition coefficient (Wildman–Crippen LogP) is 6.20. The van der Waals surface area contributed by atoms with E-state index in [1.807, 2.05) is 18.2 Å². The highest BCUT2D eigenvalue weighted by Gasteiger charge is 2.46. The van der Waals surface area contributed by atoms with Gasteiger partial charge in [-0.1, -0.05) is 63.1 Å². The van der Waals surface area contributed by atoms with E-state index >= 15 is 0 Å². The summed E-state index contributed by atoms with van der Waals surface area (Å²) >= 11 is 6.36. The van der Waals surface area contributed by atoms with Crippen LogP contribution in [0, 0.1) is 0 Å². The first-order valence-corrected chi connectivity index (χ1v) is 11.7. The molecule has 2 rings (SSSR count). The molecule has 0 bridgehead atoms. The second kappa shape index (κ2) is 13.4. The molecule has 1 unspecified atom stereocenters. The molecule has 0 aromatic heterocycles. The molecule has 3 N–H and O–H groups in total. The molecule has 0 saturated heterocycles. The lowest BCUT2D eigenvalue weighted by molar-refractivity contribution is -0.177. The number of benzene rings is 1. The molecule has 0 heterocycles. The highest BCUT2D eigenvalue weighted by molar-refractivity contribution is 6.32. The number of ether oxygens (including phenoxy) is 3. The lowest BCUT2D eigenvalue weighted by Crippen LogP contribution is -2.39. The van der Waals surface area contributed by atoms with Gasteiger partial charge in [-0.15, -0.1) is 0 Å². The van der Waals surface area contributed by atoms with E-state index in [4.69, 9.17) is 36.0 Å². The van der Waals surface area contributed by atoms with Gasteiger partial charge in [0.1, 0.15) is 5.75 Å². The molecule has 1 atom stereocenters. The minimum atomic E-state index is -1.67. The lowest BCUT2D eigenvalue weighted by atomic mass is 10.1. The van der Waals surface area contributed by atoms with Gasteiger partial charge in [0.05, 0.1) is 11.6 Å². The minimum Gasteiger partial charge on any atom is -0.492 e. The summed E-state index contributed by atoms with van der Waals surface area (Å²) in [5, 5.41) is 21.6. The highest BCUT2D eigenvalue weighted by Crippen LogP contribution is 2.35. The Morgan fingerprint density at radius 2 is 1.75 bits per heavy atom. The highest BCUT2D eigenvalue weighted by atomic mass is 35.5. The molecular formula is C23H34ClNO7. The van der Waals surface area contributed by atoms with Crippen LogP contribution in [0.4, 0.5) is 9.59 Å². The monoisotopic (exact) mass is 471 g/mol. The summed E-state index contributed by atoms with van der Waals surface area (Å²) in [5.74, 6) is -1.01. The Bertz CT molecular complexity index is 727. The second-order valence-corrected chi connectivity index (χ2v) is 8.61. The van der Waals surface area contributed by atoms with Gasteiger partial charge >= 0.3 is 12.3 Å². The zero-order chi connectivity index (χ0) is 23.4. The number of halogens is 1. The SMILES string of the molecule is CCCCCCCCCOc1ccc(CNC2CCC(OC(=O)O)(OC(=O)O)C2)cc1Cl. The summed E-state index contributed by atoms with van der Waals surface area (Å²) in [5.41, 5.74) is 0.939. The van der Waals surface area contributed by atoms with Crippen molar-refractivity contribution in [2.24, 2.45) is 0 Å². The summed E-state index contributed by atoms with van der Waals surface area (Å²) in [6.07, 6.45) is 6.21. The molecule has 1 aromatic carbocycles. The van der Waals surface area contributed by atoms with Crippen LogP contribution in [0.25, 0.3) is 0 Å². The molecule has 32 heavy (non-hydrogen) atoms. The van der Waals surface area contributed by atoms with Crippen LogP contribution in [0.2, 0.25) is 5.02 Å². The number of hydrogen-bond acceptors (Lipinski definition) is 6. The molecule has 8 nitrogen and oxygen atoms in total. The van der Waals surface area contributed by atoms with E-state index in [2.05, 4.69) is 12.2 Å². The molecule has 9 heteroatoms. The fourth-order valence-corrected chi connectivity index (χ4v) is 4.20. The van der Waals surface area contributed by atoms with Crippen molar-refractivity contribution in [2.45, 2.75) is 89.5 Å². The van der Waals surface area contributed by atoms with E-state index in [0.29, 0.717) is 30.3 Å². The minimum absolute atomic E-state index is 0.110. The zero-order valence-electron chi connectivity index (χ0n) is 18.6. The summed E-state index contributed by atoms with van der Waals surface area (Å²) < 4.78 is 15.3. The first-order chi connectivity index (χ1) is 15.3. The van der Waals surface area contributed by atoms with Gasteiger partial charge < -0.3 is 29.7 Å². The maximum atomic E-state index is 10.9. The third kappa shape index (κ3) is 9.12. The molecule has 1 aliphatic rings. The number of unbranched alkanes of at least 4 members (excludes halogenated alkanes) is 6. The first-order valence-electron chi connectivity index (χ1n) is 11.3. The van der Waals surface area contributed by atoms with E-state index < -0.39 is 18.1 Å². The van der Waals surface area contributed by atoms with Crippen molar-refractivity contribution < 1.29 is 34.0 Å². The van der Waals surface area contributed by atoms with Crippen molar-refractivity contribution in [3.63, 3.8) is 0 Å². The van der Waals surface area contributed by atoms with E-state index in [9.17, 15) is 9.59 Å². The fraction of sp³-hybridized carbons (Fsp3) is 0.652. The van der Waals surface area contributed by atoms with Crippen molar-refractivity contribution >= 4 is 23.9 Å². The van der Waals surface area contributed by atoms with E-state index in [0.717, 1.165) is 18.4 Å². The number of nitrogens with one attached hydrogen (secondary N) is 1. The summed E-state index contributed by atoms with van der Waals surface area (Å²) in [7, 11) is 0. The van der Waals surface area contributed by atoms with Crippen LogP contribution in [0.5, 0.6) is 5.75 Å². The number of hydrogen-bond donors (Lipinski definition) is 3. The average Bonchev–Trinajstić information content (AvgIpc) is 3.10.